The van der Waals surface area contributed by atoms with Crippen LogP contribution >= 0.6 is 23.5 Å². The van der Waals surface area contributed by atoms with Crippen molar-refractivity contribution in [1.82, 2.24) is 10.6 Å². The third kappa shape index (κ3) is 28.4. The summed E-state index contributed by atoms with van der Waals surface area (Å²) in [6.07, 6.45) is -100. The van der Waals surface area contributed by atoms with Gasteiger partial charge >= 0.3 is 11.9 Å². The van der Waals surface area contributed by atoms with Gasteiger partial charge in [0, 0.05) is 19.3 Å². The normalized spacial score (nSPS) is 38.5. The number of carboxylic acids is 2. The quantitative estimate of drug-likeness (QED) is 0.00884. The standard InChI is InChI=1S/C63H103N2O60P3/c66-5-1-29(80)64-33-51(113-31(82)2-6-67)36(85)27(111-56(33)125-128(103,104)105)16-109-55-34(65-30(81)3-7-106-18-72)52(114-32(83)4-8-107-19-73)50(123-126(97,98)99)28(112-55)17-110-62(60(93)94)10-26(120-63(61(95)96)9-20(74)35(84)46(121-63)23(77)13-70)49(48(122-62)24(78)14-71)118-59-43(92)53(119-58-42(91)38(87)40(89)45(116-58)22(76)12-69)54(124-127(100,101)102)47(117-59)25(79)15-108-57-41(90)37(86)39(88)44(115-57)21(75)11-68/h18-28,33-59,66-71,74-79,84-92H,1-17H2,(H,64,80)(H,65,81)(H,93,94)(H,95,96)(H2,97,98,99)(H2,100,101,102)(H2,103,104,105)/p-8/t20-,21+,22+,23-,24-,25+,26-,27-,28-,33-,34-,35-,36-,37+,38+,39+,40+,41+,42+,43+,44-,45-,46-,47-,48-,49-,50-,51-,52-,53-,54-,55-,56-,57+,58-,59-,62-,63-/m1/s1. The first-order valence-electron chi connectivity index (χ1n) is 37.9. The molecule has 740 valence electrons. The zero-order valence-electron chi connectivity index (χ0n) is 65.6. The van der Waals surface area contributed by atoms with Gasteiger partial charge < -0.3 is 275 Å². The third-order valence-corrected chi connectivity index (χ3v) is 21.7. The zero-order chi connectivity index (χ0) is 95.7. The fourth-order valence-electron chi connectivity index (χ4n) is 14.1. The molecule has 0 unspecified atom stereocenters. The predicted octanol–water partition coefficient (Wildman–Crippen LogP) is -25.4. The highest BCUT2D eigenvalue weighted by Gasteiger charge is 2.63. The largest absolute Gasteiger partial charge is 0.790 e. The summed E-state index contributed by atoms with van der Waals surface area (Å²) in [5.41, 5.74) is 0. The van der Waals surface area contributed by atoms with Crippen molar-refractivity contribution in [3.05, 3.63) is 0 Å². The smallest absolute Gasteiger partial charge is 0.309 e. The van der Waals surface area contributed by atoms with Crippen LogP contribution in [0.1, 0.15) is 38.5 Å². The van der Waals surface area contributed by atoms with Crippen LogP contribution in [0.2, 0.25) is 0 Å². The molecule has 7 aliphatic rings. The lowest BCUT2D eigenvalue weighted by Crippen LogP contribution is -2.72. The second-order valence-electron chi connectivity index (χ2n) is 29.1. The van der Waals surface area contributed by atoms with Crippen molar-refractivity contribution in [2.24, 2.45) is 0 Å². The molecular weight excluding hydrogens is 1840 g/mol. The highest BCUT2D eigenvalue weighted by Crippen LogP contribution is 2.47. The lowest BCUT2D eigenvalue weighted by Gasteiger charge is -2.55. The maximum atomic E-state index is 14.4. The molecule has 0 saturated carbocycles. The third-order valence-electron chi connectivity index (χ3n) is 20.2. The lowest BCUT2D eigenvalue weighted by molar-refractivity contribution is -0.433. The molecule has 7 fully saturated rings. The van der Waals surface area contributed by atoms with Gasteiger partial charge in [0.05, 0.1) is 121 Å². The molecule has 65 heteroatoms. The number of esters is 2. The summed E-state index contributed by atoms with van der Waals surface area (Å²) >= 11 is 0. The number of rotatable bonds is 48. The minimum atomic E-state index is -6.88. The number of carbonyl (C=O) groups excluding carboxylic acids is 8. The van der Waals surface area contributed by atoms with Crippen molar-refractivity contribution >= 4 is 72.1 Å². The first kappa shape index (κ1) is 110. The van der Waals surface area contributed by atoms with Crippen LogP contribution in [0.5, 0.6) is 0 Å². The van der Waals surface area contributed by atoms with Gasteiger partial charge in [-0.2, -0.15) is 0 Å². The summed E-state index contributed by atoms with van der Waals surface area (Å²) in [6, 6.07) is -4.93. The molecule has 7 rings (SSSR count). The number of carboxylic acid groups (broad SMARTS) is 2. The van der Waals surface area contributed by atoms with E-state index in [9.17, 15) is 199 Å². The Labute approximate surface area is 717 Å². The number of carbonyl (C=O) groups is 8. The van der Waals surface area contributed by atoms with Crippen molar-refractivity contribution < 1.29 is 293 Å². The molecule has 0 aliphatic carbocycles. The molecule has 38 atom stereocenters. The number of ether oxygens (including phenoxy) is 17. The molecule has 7 saturated heterocycles. The number of phosphoric acid groups is 3. The molecule has 0 radical (unpaired) electrons. The number of amides is 2. The Kier molecular flexibility index (Phi) is 41.4. The molecule has 2 amide bonds. The van der Waals surface area contributed by atoms with Crippen molar-refractivity contribution in [3.63, 3.8) is 0 Å². The number of hydrogen-bond donors (Lipinski definition) is 23. The van der Waals surface area contributed by atoms with Gasteiger partial charge in [0.2, 0.25) is 23.4 Å². The Balaban J connectivity index is 1.44. The van der Waals surface area contributed by atoms with Crippen LogP contribution < -0.4 is 50.2 Å². The highest BCUT2D eigenvalue weighted by molar-refractivity contribution is 7.43. The van der Waals surface area contributed by atoms with E-state index in [0.717, 1.165) is 0 Å². The average molecular weight is 1930 g/mol. The van der Waals surface area contributed by atoms with Crippen molar-refractivity contribution in [2.45, 2.75) is 271 Å². The summed E-state index contributed by atoms with van der Waals surface area (Å²) < 4.78 is 146. The van der Waals surface area contributed by atoms with Gasteiger partial charge in [-0.3, -0.25) is 28.8 Å². The van der Waals surface area contributed by atoms with Gasteiger partial charge in [0.15, 0.2) is 43.7 Å². The first-order valence-corrected chi connectivity index (χ1v) is 42.3. The number of aliphatic carboxylic acids is 2. The van der Waals surface area contributed by atoms with E-state index in [1.807, 2.05) is 5.32 Å². The van der Waals surface area contributed by atoms with Crippen LogP contribution in [0.15, 0.2) is 0 Å². The van der Waals surface area contributed by atoms with Crippen LogP contribution in [0.3, 0.4) is 0 Å². The monoisotopic (exact) mass is 1930 g/mol. The van der Waals surface area contributed by atoms with Gasteiger partial charge in [-0.1, -0.05) is 0 Å². The number of phosphoric ester groups is 3. The minimum absolute atomic E-state index is 0.205. The summed E-state index contributed by atoms with van der Waals surface area (Å²) in [6.45, 7) is -15.6. The summed E-state index contributed by atoms with van der Waals surface area (Å²) in [5.74, 6) is -19.9. The van der Waals surface area contributed by atoms with E-state index in [0.29, 0.717) is 0 Å². The van der Waals surface area contributed by atoms with E-state index < -0.39 is 402 Å². The molecule has 128 heavy (non-hydrogen) atoms. The average Bonchev–Trinajstić information content (AvgIpc) is 0.735. The fourth-order valence-corrected chi connectivity index (χ4v) is 15.7. The summed E-state index contributed by atoms with van der Waals surface area (Å²) in [5, 5.41) is 260. The van der Waals surface area contributed by atoms with Crippen LogP contribution in [-0.2, 0) is 146 Å². The number of aliphatic hydroxyl groups excluding tert-OH is 21. The molecular formula is C63H95N2O60P3-8. The SMILES string of the molecule is O=COCCC(=O)N[C@H]1[C@H](OC[C@H]2O[C@H](OP(=O)([O-])[O-])[C@H](NC(=O)CCO)[C@@H](OC(=O)CCO)[C@@H]2O)O[C@H](CO[C@]2(C(=O)[O-])C[C@@H](O[C@]3(C(=O)[O-])C[C@@H](O)[C@@H](O)[C@@H]([C@H](O)CO)O3)[C@@H](O[C@H]3O[C@H]([C@@H](O)CO[C@H]4O[C@H]([C@@H](O)CO)[C@@H](O)[C@H](O)[C@@H]4O)[C@@H](OP(=O)([O-])[O-])[C@H](O[C@H]4O[C@H]([C@@H](O)CO)[C@@H](O)[C@H](O)[C@@H]4O)[C@@H]3O)[C@@H]([C@H](O)CO)O2)[C@@H](OP(=O)([O-])[O-])[C@@H]1OC(=O)CCOC=O. The Bertz CT molecular complexity index is 3720. The fraction of sp³-hybridized carbons (Fsp3) is 0.873. The van der Waals surface area contributed by atoms with E-state index >= 15 is 0 Å². The molecule has 23 N–H and O–H groups in total. The molecule has 0 aromatic carbocycles. The van der Waals surface area contributed by atoms with Gasteiger partial charge in [0.1, 0.15) is 183 Å². The number of aliphatic hydroxyl groups is 21. The van der Waals surface area contributed by atoms with Crippen molar-refractivity contribution in [3.8, 4) is 0 Å². The molecule has 62 nitrogen and oxygen atoms in total. The molecule has 0 spiro atoms. The lowest BCUT2D eigenvalue weighted by atomic mass is 9.89. The first-order chi connectivity index (χ1) is 59.9. The van der Waals surface area contributed by atoms with Crippen molar-refractivity contribution in [1.29, 1.82) is 0 Å². The van der Waals surface area contributed by atoms with E-state index in [2.05, 4.69) is 19.3 Å². The number of nitrogens with one attached hydrogen (secondary N) is 2. The maximum absolute atomic E-state index is 14.4. The Morgan fingerprint density at radius 1 is 0.422 bits per heavy atom. The van der Waals surface area contributed by atoms with Crippen LogP contribution in [0.25, 0.3) is 0 Å². The van der Waals surface area contributed by atoms with Crippen LogP contribution in [0.4, 0.5) is 0 Å². The van der Waals surface area contributed by atoms with Crippen LogP contribution in [-0.4, -0.2) is 461 Å². The summed E-state index contributed by atoms with van der Waals surface area (Å²) in [7, 11) is -20.1. The maximum Gasteiger partial charge on any atom is 0.309 e. The highest BCUT2D eigenvalue weighted by atomic mass is 31.2. The Morgan fingerprint density at radius 3 is 1.42 bits per heavy atom. The van der Waals surface area contributed by atoms with E-state index in [4.69, 9.17) is 80.1 Å². The van der Waals surface area contributed by atoms with Gasteiger partial charge in [0.25, 0.3) is 12.9 Å². The van der Waals surface area contributed by atoms with Crippen molar-refractivity contribution in [2.75, 3.05) is 72.7 Å². The van der Waals surface area contributed by atoms with Gasteiger partial charge in [-0.05, 0) is 0 Å². The van der Waals surface area contributed by atoms with E-state index in [1.165, 1.54) is 0 Å². The second kappa shape index (κ2) is 48.3. The van der Waals surface area contributed by atoms with Gasteiger partial charge in [-0.25, -0.2) is 0 Å². The van der Waals surface area contributed by atoms with E-state index in [1.54, 1.807) is 0 Å². The molecule has 7 heterocycles. The van der Waals surface area contributed by atoms with E-state index in [-0.39, 0.29) is 12.9 Å². The molecule has 0 bridgehead atoms. The Hall–Kier alpha value is -5.27. The molecule has 7 aliphatic heterocycles. The Morgan fingerprint density at radius 2 is 0.883 bits per heavy atom. The molecule has 0 aromatic heterocycles. The topological polar surface area (TPSA) is 1010 Å². The summed E-state index contributed by atoms with van der Waals surface area (Å²) in [4.78, 5) is 181. The zero-order valence-corrected chi connectivity index (χ0v) is 68.3. The minimum Gasteiger partial charge on any atom is -0.790 e. The number of hydrogen-bond acceptors (Lipinski definition) is 60. The molecule has 0 aromatic rings. The van der Waals surface area contributed by atoms with Crippen LogP contribution in [0, 0.1) is 0 Å². The van der Waals surface area contributed by atoms with Gasteiger partial charge in [-0.15, -0.1) is 0 Å². The predicted molar refractivity (Wildman–Crippen MR) is 363 cm³/mol. The second-order valence-corrected chi connectivity index (χ2v) is 32.4.